The van der Waals surface area contributed by atoms with E-state index in [9.17, 15) is 4.39 Å². The molecule has 0 fully saturated rings. The zero-order chi connectivity index (χ0) is 9.26. The molecule has 1 unspecified atom stereocenters. The lowest BCUT2D eigenvalue weighted by atomic mass is 9.96. The zero-order valence-electron chi connectivity index (χ0n) is 7.19. The Bertz CT molecular complexity index is 314. The van der Waals surface area contributed by atoms with Gasteiger partial charge < -0.3 is 5.32 Å². The minimum atomic E-state index is -0.329. The normalized spacial score (nSPS) is 21.2. The molecule has 1 aromatic carbocycles. The molecule has 0 aromatic heterocycles. The van der Waals surface area contributed by atoms with Crippen molar-refractivity contribution in [2.45, 2.75) is 19.0 Å². The summed E-state index contributed by atoms with van der Waals surface area (Å²) in [5, 5.41) is 3.88. The first kappa shape index (κ1) is 8.97. The maximum Gasteiger partial charge on any atom is 0.105 e. The first-order chi connectivity index (χ1) is 6.31. The van der Waals surface area contributed by atoms with E-state index in [1.54, 1.807) is 0 Å². The fraction of sp³-hybridized carbons (Fsp3) is 0.400. The maximum atomic E-state index is 12.4. The Morgan fingerprint density at radius 3 is 3.15 bits per heavy atom. The van der Waals surface area contributed by atoms with Crippen molar-refractivity contribution in [1.29, 1.82) is 0 Å². The number of alkyl halides is 1. The third-order valence-corrected chi connectivity index (χ3v) is 2.79. The average molecular weight is 200 g/mol. The molecule has 2 rings (SSSR count). The summed E-state index contributed by atoms with van der Waals surface area (Å²) in [5.41, 5.74) is 2.29. The molecule has 0 aliphatic carbocycles. The highest BCUT2D eigenvalue weighted by atomic mass is 35.5. The van der Waals surface area contributed by atoms with Gasteiger partial charge in [0.15, 0.2) is 0 Å². The van der Waals surface area contributed by atoms with Crippen molar-refractivity contribution in [2.75, 3.05) is 6.67 Å². The van der Waals surface area contributed by atoms with Crippen LogP contribution in [-0.2, 0) is 13.0 Å². The maximum absolute atomic E-state index is 12.4. The minimum absolute atomic E-state index is 0.0626. The summed E-state index contributed by atoms with van der Waals surface area (Å²) in [6.07, 6.45) is 0.700. The standard InChI is InChI=1S/C10H11ClFN/c11-10-3-1-2-7-6-13-8(5-12)4-9(7)10/h1-3,8,13H,4-6H2. The minimum Gasteiger partial charge on any atom is -0.307 e. The van der Waals surface area contributed by atoms with Crippen LogP contribution in [-0.4, -0.2) is 12.7 Å². The van der Waals surface area contributed by atoms with E-state index in [1.165, 1.54) is 5.56 Å². The first-order valence-electron chi connectivity index (χ1n) is 4.37. The second-order valence-corrected chi connectivity index (χ2v) is 3.72. The molecule has 0 saturated heterocycles. The number of benzene rings is 1. The van der Waals surface area contributed by atoms with Gasteiger partial charge in [0.2, 0.25) is 0 Å². The molecule has 0 bridgehead atoms. The molecule has 1 N–H and O–H groups in total. The predicted molar refractivity (Wildman–Crippen MR) is 51.8 cm³/mol. The largest absolute Gasteiger partial charge is 0.307 e. The van der Waals surface area contributed by atoms with Gasteiger partial charge in [0.05, 0.1) is 0 Å². The van der Waals surface area contributed by atoms with Gasteiger partial charge in [-0.25, -0.2) is 4.39 Å². The van der Waals surface area contributed by atoms with Gasteiger partial charge >= 0.3 is 0 Å². The van der Waals surface area contributed by atoms with Crippen LogP contribution in [0.3, 0.4) is 0 Å². The van der Waals surface area contributed by atoms with Crippen molar-refractivity contribution in [3.63, 3.8) is 0 Å². The molecular weight excluding hydrogens is 189 g/mol. The second-order valence-electron chi connectivity index (χ2n) is 3.31. The number of hydrogen-bond acceptors (Lipinski definition) is 1. The van der Waals surface area contributed by atoms with Crippen molar-refractivity contribution in [2.24, 2.45) is 0 Å². The number of nitrogens with one attached hydrogen (secondary N) is 1. The molecule has 0 amide bonds. The summed E-state index contributed by atoms with van der Waals surface area (Å²) in [6, 6.07) is 5.76. The lowest BCUT2D eigenvalue weighted by molar-refractivity contribution is 0.359. The van der Waals surface area contributed by atoms with E-state index >= 15 is 0 Å². The second kappa shape index (κ2) is 3.64. The van der Waals surface area contributed by atoms with Crippen molar-refractivity contribution in [3.05, 3.63) is 34.3 Å². The molecule has 0 radical (unpaired) electrons. The summed E-state index contributed by atoms with van der Waals surface area (Å²) in [6.45, 7) is 0.398. The van der Waals surface area contributed by atoms with Crippen molar-refractivity contribution < 1.29 is 4.39 Å². The molecule has 70 valence electrons. The lowest BCUT2D eigenvalue weighted by Gasteiger charge is -2.24. The molecule has 0 saturated carbocycles. The smallest absolute Gasteiger partial charge is 0.105 e. The van der Waals surface area contributed by atoms with Gasteiger partial charge in [0.1, 0.15) is 6.67 Å². The molecule has 1 aliphatic rings. The van der Waals surface area contributed by atoms with Crippen molar-refractivity contribution in [3.8, 4) is 0 Å². The van der Waals surface area contributed by atoms with Gasteiger partial charge in [-0.15, -0.1) is 0 Å². The average Bonchev–Trinajstić information content (AvgIpc) is 2.18. The summed E-state index contributed by atoms with van der Waals surface area (Å²) >= 11 is 6.01. The van der Waals surface area contributed by atoms with E-state index in [0.717, 1.165) is 17.1 Å². The molecule has 1 aliphatic heterocycles. The van der Waals surface area contributed by atoms with Crippen LogP contribution in [0.5, 0.6) is 0 Å². The molecule has 13 heavy (non-hydrogen) atoms. The van der Waals surface area contributed by atoms with Gasteiger partial charge in [-0.1, -0.05) is 23.7 Å². The molecule has 1 nitrogen and oxygen atoms in total. The van der Waals surface area contributed by atoms with Crippen LogP contribution in [0.15, 0.2) is 18.2 Å². The van der Waals surface area contributed by atoms with Crippen LogP contribution >= 0.6 is 11.6 Å². The van der Waals surface area contributed by atoms with Gasteiger partial charge in [-0.2, -0.15) is 0 Å². The third kappa shape index (κ3) is 1.69. The van der Waals surface area contributed by atoms with Crippen LogP contribution in [0.1, 0.15) is 11.1 Å². The topological polar surface area (TPSA) is 12.0 Å². The highest BCUT2D eigenvalue weighted by molar-refractivity contribution is 6.31. The fourth-order valence-electron chi connectivity index (χ4n) is 1.68. The Kier molecular flexibility index (Phi) is 2.51. The Morgan fingerprint density at radius 2 is 2.38 bits per heavy atom. The molecule has 1 aromatic rings. The van der Waals surface area contributed by atoms with Crippen LogP contribution < -0.4 is 5.32 Å². The number of rotatable bonds is 1. The Hall–Kier alpha value is -0.600. The Balaban J connectivity index is 2.32. The van der Waals surface area contributed by atoms with E-state index in [2.05, 4.69) is 5.32 Å². The molecule has 1 atom stereocenters. The quantitative estimate of drug-likeness (QED) is 0.732. The van der Waals surface area contributed by atoms with Crippen LogP contribution in [0.25, 0.3) is 0 Å². The number of halogens is 2. The molecule has 3 heteroatoms. The van der Waals surface area contributed by atoms with Gasteiger partial charge in [0.25, 0.3) is 0 Å². The van der Waals surface area contributed by atoms with E-state index in [4.69, 9.17) is 11.6 Å². The van der Waals surface area contributed by atoms with Crippen molar-refractivity contribution >= 4 is 11.6 Å². The van der Waals surface area contributed by atoms with Crippen LogP contribution in [0.2, 0.25) is 5.02 Å². The first-order valence-corrected chi connectivity index (χ1v) is 4.74. The highest BCUT2D eigenvalue weighted by Crippen LogP contribution is 2.24. The van der Waals surface area contributed by atoms with E-state index in [-0.39, 0.29) is 12.7 Å². The van der Waals surface area contributed by atoms with Gasteiger partial charge in [-0.05, 0) is 23.6 Å². The number of fused-ring (bicyclic) bond motifs is 1. The van der Waals surface area contributed by atoms with E-state index in [0.29, 0.717) is 6.42 Å². The number of hydrogen-bond donors (Lipinski definition) is 1. The Labute approximate surface area is 81.9 Å². The SMILES string of the molecule is FCC1Cc2c(Cl)cccc2CN1. The summed E-state index contributed by atoms with van der Waals surface area (Å²) in [7, 11) is 0. The molecular formula is C10H11ClFN. The highest BCUT2D eigenvalue weighted by Gasteiger charge is 2.19. The van der Waals surface area contributed by atoms with Crippen molar-refractivity contribution in [1.82, 2.24) is 5.32 Å². The zero-order valence-corrected chi connectivity index (χ0v) is 7.94. The summed E-state index contributed by atoms with van der Waals surface area (Å²) in [5.74, 6) is 0. The molecule has 0 spiro atoms. The predicted octanol–water partition coefficient (Wildman–Crippen LogP) is 2.32. The van der Waals surface area contributed by atoms with Gasteiger partial charge in [-0.3, -0.25) is 0 Å². The van der Waals surface area contributed by atoms with E-state index < -0.39 is 0 Å². The fourth-order valence-corrected chi connectivity index (χ4v) is 1.95. The Morgan fingerprint density at radius 1 is 1.54 bits per heavy atom. The molecule has 1 heterocycles. The summed E-state index contributed by atoms with van der Waals surface area (Å²) < 4.78 is 12.4. The monoisotopic (exact) mass is 199 g/mol. The summed E-state index contributed by atoms with van der Waals surface area (Å²) in [4.78, 5) is 0. The third-order valence-electron chi connectivity index (χ3n) is 2.43. The van der Waals surface area contributed by atoms with Crippen LogP contribution in [0.4, 0.5) is 4.39 Å². The van der Waals surface area contributed by atoms with Gasteiger partial charge in [0, 0.05) is 17.6 Å². The van der Waals surface area contributed by atoms with Crippen LogP contribution in [0, 0.1) is 0 Å². The van der Waals surface area contributed by atoms with E-state index in [1.807, 2.05) is 18.2 Å². The lowest BCUT2D eigenvalue weighted by Crippen LogP contribution is -2.37.